The van der Waals surface area contributed by atoms with E-state index in [-0.39, 0.29) is 12.5 Å². The molecule has 1 aromatic heterocycles. The minimum absolute atomic E-state index is 0.0176. The van der Waals surface area contributed by atoms with E-state index in [1.165, 1.54) is 0 Å². The second-order valence-corrected chi connectivity index (χ2v) is 7.22. The quantitative estimate of drug-likeness (QED) is 0.498. The second-order valence-electron chi connectivity index (χ2n) is 7.22. The summed E-state index contributed by atoms with van der Waals surface area (Å²) in [7, 11) is 0. The predicted octanol–water partition coefficient (Wildman–Crippen LogP) is 1.88. The Hall–Kier alpha value is -3.29. The number of anilines is 1. The first-order valence-corrected chi connectivity index (χ1v) is 10.9. The molecule has 1 aliphatic heterocycles. The van der Waals surface area contributed by atoms with E-state index in [1.807, 2.05) is 49.5 Å². The number of rotatable bonds is 8. The molecule has 8 nitrogen and oxygen atoms in total. The molecule has 2 heterocycles. The van der Waals surface area contributed by atoms with Crippen LogP contribution in [-0.2, 0) is 11.3 Å². The number of nitrogens with one attached hydrogen (secondary N) is 2. The molecular weight excluding hydrogens is 392 g/mol. The van der Waals surface area contributed by atoms with Gasteiger partial charge in [0.15, 0.2) is 12.6 Å². The van der Waals surface area contributed by atoms with Gasteiger partial charge < -0.3 is 25.2 Å². The zero-order valence-electron chi connectivity index (χ0n) is 18.4. The van der Waals surface area contributed by atoms with Gasteiger partial charge in [-0.15, -0.1) is 0 Å². The number of nitrogens with zero attached hydrogens (tertiary/aromatic N) is 4. The van der Waals surface area contributed by atoms with Crippen molar-refractivity contribution in [3.05, 3.63) is 54.2 Å². The Morgan fingerprint density at radius 2 is 1.87 bits per heavy atom. The van der Waals surface area contributed by atoms with E-state index in [9.17, 15) is 4.79 Å². The van der Waals surface area contributed by atoms with Gasteiger partial charge in [-0.25, -0.2) is 9.98 Å². The molecule has 1 saturated heterocycles. The lowest BCUT2D eigenvalue weighted by Crippen LogP contribution is -2.52. The van der Waals surface area contributed by atoms with Crippen LogP contribution in [0.5, 0.6) is 5.75 Å². The van der Waals surface area contributed by atoms with Gasteiger partial charge in [0.25, 0.3) is 5.91 Å². The van der Waals surface area contributed by atoms with Gasteiger partial charge in [0.05, 0.1) is 6.54 Å². The topological polar surface area (TPSA) is 82.1 Å². The van der Waals surface area contributed by atoms with Gasteiger partial charge in [-0.1, -0.05) is 18.2 Å². The van der Waals surface area contributed by atoms with Crippen molar-refractivity contribution in [2.45, 2.75) is 20.4 Å². The maximum absolute atomic E-state index is 11.6. The summed E-state index contributed by atoms with van der Waals surface area (Å²) in [5.41, 5.74) is 1.04. The fourth-order valence-corrected chi connectivity index (χ4v) is 3.41. The van der Waals surface area contributed by atoms with E-state index < -0.39 is 0 Å². The van der Waals surface area contributed by atoms with E-state index in [1.54, 1.807) is 0 Å². The van der Waals surface area contributed by atoms with Crippen LogP contribution >= 0.6 is 0 Å². The van der Waals surface area contributed by atoms with Gasteiger partial charge in [-0.05, 0) is 43.7 Å². The molecule has 1 aromatic carbocycles. The fourth-order valence-electron chi connectivity index (χ4n) is 3.41. The summed E-state index contributed by atoms with van der Waals surface area (Å²) in [5.74, 6) is 2.49. The van der Waals surface area contributed by atoms with Crippen LogP contribution in [-0.4, -0.2) is 67.6 Å². The largest absolute Gasteiger partial charge is 0.484 e. The number of hydrogen-bond donors (Lipinski definition) is 2. The van der Waals surface area contributed by atoms with E-state index in [0.29, 0.717) is 18.8 Å². The molecule has 0 spiro atoms. The number of carbonyl (C=O) groups is 1. The molecule has 2 N–H and O–H groups in total. The highest BCUT2D eigenvalue weighted by Gasteiger charge is 2.20. The van der Waals surface area contributed by atoms with Crippen LogP contribution < -0.4 is 20.3 Å². The van der Waals surface area contributed by atoms with Crippen molar-refractivity contribution < 1.29 is 9.53 Å². The third-order valence-corrected chi connectivity index (χ3v) is 4.94. The summed E-state index contributed by atoms with van der Waals surface area (Å²) in [6, 6.07) is 13.8. The SMILES string of the molecule is CCNC(=O)COc1cccc(CN=C(NCC)N2CCN(c3ccccn3)CC2)c1. The van der Waals surface area contributed by atoms with Crippen LogP contribution in [0.25, 0.3) is 0 Å². The number of pyridine rings is 1. The lowest BCUT2D eigenvalue weighted by Gasteiger charge is -2.37. The minimum Gasteiger partial charge on any atom is -0.484 e. The van der Waals surface area contributed by atoms with Crippen LogP contribution in [0, 0.1) is 0 Å². The lowest BCUT2D eigenvalue weighted by atomic mass is 10.2. The van der Waals surface area contributed by atoms with Gasteiger partial charge in [-0.2, -0.15) is 0 Å². The Morgan fingerprint density at radius 3 is 2.58 bits per heavy atom. The third kappa shape index (κ3) is 6.87. The standard InChI is InChI=1S/C23H32N6O2/c1-3-24-22(30)18-31-20-9-7-8-19(16-20)17-27-23(25-4-2)29-14-12-28(13-15-29)21-10-5-6-11-26-21/h5-11,16H,3-4,12-15,17-18H2,1-2H3,(H,24,30)(H,25,27). The zero-order chi connectivity index (χ0) is 21.9. The molecular formula is C23H32N6O2. The Balaban J connectivity index is 1.57. The molecule has 1 fully saturated rings. The number of benzene rings is 1. The van der Waals surface area contributed by atoms with Crippen LogP contribution in [0.15, 0.2) is 53.7 Å². The average molecular weight is 425 g/mol. The summed E-state index contributed by atoms with van der Waals surface area (Å²) in [4.78, 5) is 25.5. The van der Waals surface area contributed by atoms with Gasteiger partial charge in [-0.3, -0.25) is 4.79 Å². The number of hydrogen-bond acceptors (Lipinski definition) is 5. The molecule has 0 radical (unpaired) electrons. The highest BCUT2D eigenvalue weighted by molar-refractivity contribution is 5.80. The smallest absolute Gasteiger partial charge is 0.257 e. The van der Waals surface area contributed by atoms with Gasteiger partial charge in [0, 0.05) is 45.5 Å². The summed E-state index contributed by atoms with van der Waals surface area (Å²) in [5, 5.41) is 6.13. The van der Waals surface area contributed by atoms with Gasteiger partial charge >= 0.3 is 0 Å². The number of ether oxygens (including phenoxy) is 1. The van der Waals surface area contributed by atoms with Crippen molar-refractivity contribution >= 4 is 17.7 Å². The molecule has 1 aliphatic rings. The second kappa shape index (κ2) is 11.8. The van der Waals surface area contributed by atoms with Crippen LogP contribution in [0.3, 0.4) is 0 Å². The summed E-state index contributed by atoms with van der Waals surface area (Å²) in [6.07, 6.45) is 1.83. The molecule has 0 atom stereocenters. The molecule has 0 aliphatic carbocycles. The Bertz CT molecular complexity index is 850. The number of piperazine rings is 1. The van der Waals surface area contributed by atoms with Crippen molar-refractivity contribution in [2.24, 2.45) is 4.99 Å². The molecule has 166 valence electrons. The highest BCUT2D eigenvalue weighted by Crippen LogP contribution is 2.15. The first-order chi connectivity index (χ1) is 15.2. The van der Waals surface area contributed by atoms with Gasteiger partial charge in [0.2, 0.25) is 0 Å². The van der Waals surface area contributed by atoms with Crippen LogP contribution in [0.1, 0.15) is 19.4 Å². The molecule has 2 aromatic rings. The van der Waals surface area contributed by atoms with Crippen LogP contribution in [0.2, 0.25) is 0 Å². The molecule has 0 unspecified atom stereocenters. The Morgan fingerprint density at radius 1 is 1.06 bits per heavy atom. The number of likely N-dealkylation sites (N-methyl/N-ethyl adjacent to an activating group) is 1. The fraction of sp³-hybridized carbons (Fsp3) is 0.435. The van der Waals surface area contributed by atoms with E-state index in [0.717, 1.165) is 50.1 Å². The van der Waals surface area contributed by atoms with E-state index >= 15 is 0 Å². The monoisotopic (exact) mass is 424 g/mol. The summed E-state index contributed by atoms with van der Waals surface area (Å²) in [6.45, 7) is 9.53. The van der Waals surface area contributed by atoms with Crippen molar-refractivity contribution in [1.82, 2.24) is 20.5 Å². The molecule has 1 amide bonds. The molecule has 3 rings (SSSR count). The zero-order valence-corrected chi connectivity index (χ0v) is 18.4. The summed E-state index contributed by atoms with van der Waals surface area (Å²) >= 11 is 0. The maximum atomic E-state index is 11.6. The third-order valence-electron chi connectivity index (χ3n) is 4.94. The maximum Gasteiger partial charge on any atom is 0.257 e. The average Bonchev–Trinajstić information content (AvgIpc) is 2.82. The van der Waals surface area contributed by atoms with Crippen molar-refractivity contribution in [2.75, 3.05) is 50.8 Å². The number of guanidine groups is 1. The van der Waals surface area contributed by atoms with E-state index in [2.05, 4.69) is 38.4 Å². The minimum atomic E-state index is -0.120. The highest BCUT2D eigenvalue weighted by atomic mass is 16.5. The molecule has 0 bridgehead atoms. The lowest BCUT2D eigenvalue weighted by molar-refractivity contribution is -0.122. The van der Waals surface area contributed by atoms with Crippen molar-refractivity contribution in [3.63, 3.8) is 0 Å². The number of carbonyl (C=O) groups excluding carboxylic acids is 1. The first-order valence-electron chi connectivity index (χ1n) is 10.9. The first kappa shape index (κ1) is 22.4. The predicted molar refractivity (Wildman–Crippen MR) is 123 cm³/mol. The Labute approximate surface area is 184 Å². The van der Waals surface area contributed by atoms with E-state index in [4.69, 9.17) is 9.73 Å². The molecule has 0 saturated carbocycles. The van der Waals surface area contributed by atoms with Crippen molar-refractivity contribution in [3.8, 4) is 5.75 Å². The summed E-state index contributed by atoms with van der Waals surface area (Å²) < 4.78 is 5.59. The Kier molecular flexibility index (Phi) is 8.51. The number of aromatic nitrogens is 1. The molecule has 31 heavy (non-hydrogen) atoms. The van der Waals surface area contributed by atoms with Crippen molar-refractivity contribution in [1.29, 1.82) is 0 Å². The van der Waals surface area contributed by atoms with Gasteiger partial charge in [0.1, 0.15) is 11.6 Å². The normalized spacial score (nSPS) is 14.3. The number of amides is 1. The van der Waals surface area contributed by atoms with Crippen LogP contribution in [0.4, 0.5) is 5.82 Å². The number of aliphatic imine (C=N–C) groups is 1. The molecule has 8 heteroatoms.